The van der Waals surface area contributed by atoms with E-state index in [2.05, 4.69) is 11.5 Å². The number of esters is 1. The van der Waals surface area contributed by atoms with Crippen molar-refractivity contribution in [3.05, 3.63) is 12.2 Å². The second kappa shape index (κ2) is 5.91. The summed E-state index contributed by atoms with van der Waals surface area (Å²) in [6, 6.07) is 0.350. The molecule has 0 aliphatic carbocycles. The molecule has 0 saturated carbocycles. The van der Waals surface area contributed by atoms with E-state index in [0.717, 1.165) is 25.1 Å². The zero-order valence-corrected chi connectivity index (χ0v) is 9.79. The molecule has 0 N–H and O–H groups in total. The van der Waals surface area contributed by atoms with Crippen molar-refractivity contribution in [1.29, 1.82) is 0 Å². The van der Waals surface area contributed by atoms with Gasteiger partial charge in [0.2, 0.25) is 0 Å². The molecular formula is C12H21NO2. The van der Waals surface area contributed by atoms with Crippen LogP contribution in [0.5, 0.6) is 0 Å². The van der Waals surface area contributed by atoms with Crippen LogP contribution in [0.25, 0.3) is 0 Å². The molecule has 1 unspecified atom stereocenters. The summed E-state index contributed by atoms with van der Waals surface area (Å²) in [7, 11) is 1.45. The molecule has 0 radical (unpaired) electrons. The summed E-state index contributed by atoms with van der Waals surface area (Å²) in [5.41, 5.74) is 1.16. The van der Waals surface area contributed by atoms with Gasteiger partial charge in [-0.15, -0.1) is 0 Å². The second-order valence-corrected chi connectivity index (χ2v) is 4.36. The fraction of sp³-hybridized carbons (Fsp3) is 0.750. The first-order valence-electron chi connectivity index (χ1n) is 5.58. The molecule has 1 fully saturated rings. The Balaban J connectivity index is 2.49. The van der Waals surface area contributed by atoms with Crippen LogP contribution in [0.15, 0.2) is 12.2 Å². The number of methoxy groups -OCH3 is 1. The number of piperidine rings is 1. The van der Waals surface area contributed by atoms with E-state index >= 15 is 0 Å². The van der Waals surface area contributed by atoms with Gasteiger partial charge >= 0.3 is 5.97 Å². The van der Waals surface area contributed by atoms with Gasteiger partial charge in [0.05, 0.1) is 13.5 Å². The minimum atomic E-state index is -0.103. The minimum Gasteiger partial charge on any atom is -0.469 e. The van der Waals surface area contributed by atoms with Crippen LogP contribution in [0.4, 0.5) is 0 Å². The molecule has 1 rings (SSSR count). The van der Waals surface area contributed by atoms with Gasteiger partial charge in [-0.1, -0.05) is 18.6 Å². The van der Waals surface area contributed by atoms with Crippen molar-refractivity contribution in [3.8, 4) is 0 Å². The van der Waals surface area contributed by atoms with Crippen molar-refractivity contribution in [2.75, 3.05) is 20.2 Å². The molecule has 0 aromatic rings. The first-order chi connectivity index (χ1) is 7.13. The molecule has 1 aliphatic heterocycles. The van der Waals surface area contributed by atoms with Crippen molar-refractivity contribution in [2.45, 2.75) is 38.6 Å². The highest BCUT2D eigenvalue weighted by atomic mass is 16.5. The number of hydrogen-bond donors (Lipinski definition) is 0. The van der Waals surface area contributed by atoms with E-state index in [-0.39, 0.29) is 5.97 Å². The Morgan fingerprint density at radius 2 is 2.27 bits per heavy atom. The Morgan fingerprint density at radius 3 is 2.87 bits per heavy atom. The Labute approximate surface area is 92.1 Å². The SMILES string of the molecule is C=C(C)CN1CCCCC1CC(=O)OC. The lowest BCUT2D eigenvalue weighted by molar-refractivity contribution is -0.142. The van der Waals surface area contributed by atoms with Crippen molar-refractivity contribution in [2.24, 2.45) is 0 Å². The van der Waals surface area contributed by atoms with Crippen LogP contribution in [0.2, 0.25) is 0 Å². The molecule has 15 heavy (non-hydrogen) atoms. The third-order valence-electron chi connectivity index (χ3n) is 2.85. The summed E-state index contributed by atoms with van der Waals surface area (Å²) in [6.45, 7) is 7.94. The van der Waals surface area contributed by atoms with Gasteiger partial charge in [-0.2, -0.15) is 0 Å². The average Bonchev–Trinajstić information content (AvgIpc) is 2.20. The Kier molecular flexibility index (Phi) is 4.82. The predicted octanol–water partition coefficient (Wildman–Crippen LogP) is 1.98. The lowest BCUT2D eigenvalue weighted by Gasteiger charge is -2.35. The molecule has 3 nitrogen and oxygen atoms in total. The van der Waals surface area contributed by atoms with Gasteiger partial charge in [0.1, 0.15) is 0 Å². The summed E-state index contributed by atoms with van der Waals surface area (Å²) in [5.74, 6) is -0.103. The first-order valence-corrected chi connectivity index (χ1v) is 5.58. The van der Waals surface area contributed by atoms with Gasteiger partial charge in [0.15, 0.2) is 0 Å². The maximum atomic E-state index is 11.2. The lowest BCUT2D eigenvalue weighted by Crippen LogP contribution is -2.41. The molecule has 1 heterocycles. The molecular weight excluding hydrogens is 190 g/mol. The van der Waals surface area contributed by atoms with E-state index in [1.807, 2.05) is 6.92 Å². The first kappa shape index (κ1) is 12.2. The summed E-state index contributed by atoms with van der Waals surface area (Å²) < 4.78 is 4.72. The smallest absolute Gasteiger partial charge is 0.307 e. The molecule has 1 saturated heterocycles. The number of nitrogens with zero attached hydrogens (tertiary/aromatic N) is 1. The van der Waals surface area contributed by atoms with Crippen LogP contribution in [0, 0.1) is 0 Å². The molecule has 0 aromatic carbocycles. The average molecular weight is 211 g/mol. The van der Waals surface area contributed by atoms with Gasteiger partial charge in [0, 0.05) is 12.6 Å². The van der Waals surface area contributed by atoms with Gasteiger partial charge < -0.3 is 4.74 Å². The topological polar surface area (TPSA) is 29.5 Å². The molecule has 3 heteroatoms. The molecule has 0 amide bonds. The quantitative estimate of drug-likeness (QED) is 0.526. The fourth-order valence-corrected chi connectivity index (χ4v) is 2.12. The van der Waals surface area contributed by atoms with Crippen LogP contribution in [0.3, 0.4) is 0 Å². The number of likely N-dealkylation sites (tertiary alicyclic amines) is 1. The number of hydrogen-bond acceptors (Lipinski definition) is 3. The zero-order chi connectivity index (χ0) is 11.3. The van der Waals surface area contributed by atoms with Crippen molar-refractivity contribution >= 4 is 5.97 Å². The van der Waals surface area contributed by atoms with Crippen LogP contribution < -0.4 is 0 Å². The highest BCUT2D eigenvalue weighted by molar-refractivity contribution is 5.69. The van der Waals surface area contributed by atoms with Gasteiger partial charge in [-0.05, 0) is 26.3 Å². The van der Waals surface area contributed by atoms with E-state index in [1.54, 1.807) is 0 Å². The monoisotopic (exact) mass is 211 g/mol. The lowest BCUT2D eigenvalue weighted by atomic mass is 9.99. The van der Waals surface area contributed by atoms with E-state index < -0.39 is 0 Å². The van der Waals surface area contributed by atoms with Crippen LogP contribution in [0.1, 0.15) is 32.6 Å². The number of carbonyl (C=O) groups is 1. The molecule has 0 spiro atoms. The standard InChI is InChI=1S/C12H21NO2/c1-10(2)9-13-7-5-4-6-11(13)8-12(14)15-3/h11H,1,4-9H2,2-3H3. The van der Waals surface area contributed by atoms with E-state index in [4.69, 9.17) is 4.74 Å². The van der Waals surface area contributed by atoms with Gasteiger partial charge in [-0.3, -0.25) is 9.69 Å². The van der Waals surface area contributed by atoms with E-state index in [0.29, 0.717) is 12.5 Å². The Hall–Kier alpha value is -0.830. The summed E-state index contributed by atoms with van der Waals surface area (Å²) in [6.07, 6.45) is 4.06. The molecule has 0 bridgehead atoms. The normalized spacial score (nSPS) is 22.4. The molecule has 1 aliphatic rings. The molecule has 86 valence electrons. The van der Waals surface area contributed by atoms with Crippen molar-refractivity contribution in [3.63, 3.8) is 0 Å². The summed E-state index contributed by atoms with van der Waals surface area (Å²) in [5, 5.41) is 0. The van der Waals surface area contributed by atoms with Crippen molar-refractivity contribution in [1.82, 2.24) is 4.90 Å². The Morgan fingerprint density at radius 1 is 1.53 bits per heavy atom. The highest BCUT2D eigenvalue weighted by Crippen LogP contribution is 2.20. The summed E-state index contributed by atoms with van der Waals surface area (Å²) >= 11 is 0. The number of carbonyl (C=O) groups excluding carboxylic acids is 1. The van der Waals surface area contributed by atoms with Crippen LogP contribution in [-0.4, -0.2) is 37.1 Å². The highest BCUT2D eigenvalue weighted by Gasteiger charge is 2.24. The maximum absolute atomic E-state index is 11.2. The number of ether oxygens (including phenoxy) is 1. The van der Waals surface area contributed by atoms with E-state index in [9.17, 15) is 4.79 Å². The number of rotatable bonds is 4. The molecule has 0 aromatic heterocycles. The predicted molar refractivity (Wildman–Crippen MR) is 60.7 cm³/mol. The summed E-state index contributed by atoms with van der Waals surface area (Å²) in [4.78, 5) is 13.6. The van der Waals surface area contributed by atoms with E-state index in [1.165, 1.54) is 20.0 Å². The zero-order valence-electron chi connectivity index (χ0n) is 9.79. The fourth-order valence-electron chi connectivity index (χ4n) is 2.12. The van der Waals surface area contributed by atoms with Crippen LogP contribution >= 0.6 is 0 Å². The minimum absolute atomic E-state index is 0.103. The third-order valence-corrected chi connectivity index (χ3v) is 2.85. The van der Waals surface area contributed by atoms with Crippen molar-refractivity contribution < 1.29 is 9.53 Å². The van der Waals surface area contributed by atoms with Gasteiger partial charge in [-0.25, -0.2) is 0 Å². The van der Waals surface area contributed by atoms with Crippen LogP contribution in [-0.2, 0) is 9.53 Å². The second-order valence-electron chi connectivity index (χ2n) is 4.36. The molecule has 1 atom stereocenters. The largest absolute Gasteiger partial charge is 0.469 e. The Bertz CT molecular complexity index is 238. The van der Waals surface area contributed by atoms with Gasteiger partial charge in [0.25, 0.3) is 0 Å². The maximum Gasteiger partial charge on any atom is 0.307 e. The third kappa shape index (κ3) is 4.04.